The van der Waals surface area contributed by atoms with Gasteiger partial charge in [0.05, 0.1) is 11.9 Å². The zero-order valence-electron chi connectivity index (χ0n) is 14.0. The predicted octanol–water partition coefficient (Wildman–Crippen LogP) is 2.28. The Hall–Kier alpha value is -1.87. The highest BCUT2D eigenvalue weighted by molar-refractivity contribution is 7.92. The molecule has 0 atom stereocenters. The summed E-state index contributed by atoms with van der Waals surface area (Å²) in [4.78, 5) is 23.9. The summed E-state index contributed by atoms with van der Waals surface area (Å²) >= 11 is 1.05. The Morgan fingerprint density at radius 3 is 2.80 bits per heavy atom. The highest BCUT2D eigenvalue weighted by Gasteiger charge is 2.18. The minimum atomic E-state index is -3.49. The molecule has 138 valence electrons. The molecule has 25 heavy (non-hydrogen) atoms. The molecule has 0 unspecified atom stereocenters. The Balaban J connectivity index is 1.75. The number of nitrogens with one attached hydrogen (secondary N) is 2. The van der Waals surface area contributed by atoms with Crippen LogP contribution in [0.2, 0.25) is 0 Å². The van der Waals surface area contributed by atoms with Crippen LogP contribution in [0.15, 0.2) is 23.1 Å². The molecule has 0 aromatic carbocycles. The number of hydrogen-bond donors (Lipinski definition) is 2. The van der Waals surface area contributed by atoms with Crippen LogP contribution in [-0.2, 0) is 19.6 Å². The Morgan fingerprint density at radius 2 is 2.12 bits per heavy atom. The van der Waals surface area contributed by atoms with Gasteiger partial charge in [0, 0.05) is 6.54 Å². The lowest BCUT2D eigenvalue weighted by molar-refractivity contribution is -0.124. The van der Waals surface area contributed by atoms with Gasteiger partial charge in [0.25, 0.3) is 5.91 Å². The molecule has 1 aliphatic carbocycles. The van der Waals surface area contributed by atoms with E-state index < -0.39 is 22.6 Å². The van der Waals surface area contributed by atoms with Crippen molar-refractivity contribution >= 4 is 38.9 Å². The number of carbonyl (C=O) groups is 2. The van der Waals surface area contributed by atoms with Crippen LogP contribution in [0.3, 0.4) is 0 Å². The van der Waals surface area contributed by atoms with Gasteiger partial charge in [-0.15, -0.1) is 11.3 Å². The van der Waals surface area contributed by atoms with Crippen molar-refractivity contribution in [3.05, 3.63) is 28.0 Å². The fourth-order valence-electron chi connectivity index (χ4n) is 2.49. The SMILES string of the molecule is CS(=O)(=O)Nc1ccsc1C(=O)OCC(=O)NCCC1=CCCCC1. The van der Waals surface area contributed by atoms with Gasteiger partial charge < -0.3 is 10.1 Å². The Labute approximate surface area is 151 Å². The van der Waals surface area contributed by atoms with Crippen LogP contribution in [0.1, 0.15) is 41.8 Å². The number of anilines is 1. The number of allylic oxidation sites excluding steroid dienone is 1. The topological polar surface area (TPSA) is 102 Å². The second kappa shape index (κ2) is 9.00. The van der Waals surface area contributed by atoms with E-state index >= 15 is 0 Å². The molecule has 1 amide bonds. The van der Waals surface area contributed by atoms with E-state index in [0.29, 0.717) is 6.54 Å². The zero-order valence-corrected chi connectivity index (χ0v) is 15.7. The fraction of sp³-hybridized carbons (Fsp3) is 0.500. The molecule has 2 rings (SSSR count). The average Bonchev–Trinajstić information content (AvgIpc) is 3.00. The summed E-state index contributed by atoms with van der Waals surface area (Å²) in [5.74, 6) is -1.11. The molecule has 0 spiro atoms. The first-order valence-corrected chi connectivity index (χ1v) is 10.8. The first kappa shape index (κ1) is 19.5. The summed E-state index contributed by atoms with van der Waals surface area (Å²) in [6, 6.07) is 1.47. The summed E-state index contributed by atoms with van der Waals surface area (Å²) in [7, 11) is -3.49. The van der Waals surface area contributed by atoms with Crippen molar-refractivity contribution < 1.29 is 22.7 Å². The molecule has 1 aromatic heterocycles. The van der Waals surface area contributed by atoms with Crippen molar-refractivity contribution in [1.82, 2.24) is 5.32 Å². The third kappa shape index (κ3) is 6.87. The van der Waals surface area contributed by atoms with E-state index in [1.165, 1.54) is 24.5 Å². The quantitative estimate of drug-likeness (QED) is 0.527. The lowest BCUT2D eigenvalue weighted by atomic mass is 9.97. The number of carbonyl (C=O) groups excluding carboxylic acids is 2. The third-order valence-corrected chi connectivity index (χ3v) is 5.12. The first-order valence-electron chi connectivity index (χ1n) is 8.02. The van der Waals surface area contributed by atoms with Crippen molar-refractivity contribution in [2.45, 2.75) is 32.1 Å². The molecule has 0 fully saturated rings. The molecule has 1 aliphatic rings. The predicted molar refractivity (Wildman–Crippen MR) is 97.2 cm³/mol. The second-order valence-corrected chi connectivity index (χ2v) is 8.49. The average molecular weight is 386 g/mol. The lowest BCUT2D eigenvalue weighted by Crippen LogP contribution is -2.29. The molecule has 9 heteroatoms. The van der Waals surface area contributed by atoms with Gasteiger partial charge in [-0.25, -0.2) is 13.2 Å². The molecule has 1 heterocycles. The van der Waals surface area contributed by atoms with E-state index in [4.69, 9.17) is 4.74 Å². The van der Waals surface area contributed by atoms with Crippen molar-refractivity contribution in [2.24, 2.45) is 0 Å². The van der Waals surface area contributed by atoms with Crippen LogP contribution in [0.25, 0.3) is 0 Å². The van der Waals surface area contributed by atoms with E-state index in [-0.39, 0.29) is 16.5 Å². The van der Waals surface area contributed by atoms with Crippen LogP contribution in [0, 0.1) is 0 Å². The van der Waals surface area contributed by atoms with Crippen molar-refractivity contribution in [3.63, 3.8) is 0 Å². The van der Waals surface area contributed by atoms with Crippen LogP contribution in [0.5, 0.6) is 0 Å². The fourth-order valence-corrected chi connectivity index (χ4v) is 3.86. The molecule has 2 N–H and O–H groups in total. The summed E-state index contributed by atoms with van der Waals surface area (Å²) in [6.07, 6.45) is 8.64. The highest BCUT2D eigenvalue weighted by Crippen LogP contribution is 2.24. The maximum absolute atomic E-state index is 12.0. The van der Waals surface area contributed by atoms with Crippen molar-refractivity contribution in [3.8, 4) is 0 Å². The number of rotatable bonds is 8. The monoisotopic (exact) mass is 386 g/mol. The van der Waals surface area contributed by atoms with Crippen LogP contribution < -0.4 is 10.0 Å². The van der Waals surface area contributed by atoms with Crippen LogP contribution in [-0.4, -0.2) is 39.7 Å². The minimum absolute atomic E-state index is 0.116. The first-order chi connectivity index (χ1) is 11.8. The maximum atomic E-state index is 12.0. The molecule has 1 aromatic rings. The normalized spacial score (nSPS) is 14.5. The van der Waals surface area contributed by atoms with Gasteiger partial charge in [-0.3, -0.25) is 9.52 Å². The summed E-state index contributed by atoms with van der Waals surface area (Å²) in [6.45, 7) is 0.121. The maximum Gasteiger partial charge on any atom is 0.350 e. The lowest BCUT2D eigenvalue weighted by Gasteiger charge is -2.13. The highest BCUT2D eigenvalue weighted by atomic mass is 32.2. The van der Waals surface area contributed by atoms with Gasteiger partial charge in [0.15, 0.2) is 6.61 Å². The number of thiophene rings is 1. The van der Waals surface area contributed by atoms with Gasteiger partial charge >= 0.3 is 5.97 Å². The summed E-state index contributed by atoms with van der Waals surface area (Å²) in [5.41, 5.74) is 1.51. The number of hydrogen-bond acceptors (Lipinski definition) is 6. The Morgan fingerprint density at radius 1 is 1.32 bits per heavy atom. The number of ether oxygens (including phenoxy) is 1. The van der Waals surface area contributed by atoms with E-state index in [9.17, 15) is 18.0 Å². The minimum Gasteiger partial charge on any atom is -0.451 e. The molecule has 7 nitrogen and oxygen atoms in total. The Kier molecular flexibility index (Phi) is 7.01. The van der Waals surface area contributed by atoms with E-state index in [2.05, 4.69) is 16.1 Å². The van der Waals surface area contributed by atoms with Crippen LogP contribution >= 0.6 is 11.3 Å². The van der Waals surface area contributed by atoms with Gasteiger partial charge in [0.1, 0.15) is 4.88 Å². The Bertz CT molecular complexity index is 752. The molecule has 0 saturated carbocycles. The van der Waals surface area contributed by atoms with E-state index in [0.717, 1.165) is 36.9 Å². The number of esters is 1. The molecule has 0 saturated heterocycles. The molecule has 0 radical (unpaired) electrons. The zero-order chi connectivity index (χ0) is 18.3. The van der Waals surface area contributed by atoms with Gasteiger partial charge in [0.2, 0.25) is 10.0 Å². The number of amides is 1. The van der Waals surface area contributed by atoms with Crippen molar-refractivity contribution in [2.75, 3.05) is 24.1 Å². The smallest absolute Gasteiger partial charge is 0.350 e. The van der Waals surface area contributed by atoms with E-state index in [1.807, 2.05) is 0 Å². The molecule has 0 aliphatic heterocycles. The van der Waals surface area contributed by atoms with Crippen LogP contribution in [0.4, 0.5) is 5.69 Å². The largest absolute Gasteiger partial charge is 0.451 e. The van der Waals surface area contributed by atoms with Gasteiger partial charge in [-0.1, -0.05) is 11.6 Å². The second-order valence-electron chi connectivity index (χ2n) is 5.82. The van der Waals surface area contributed by atoms with Gasteiger partial charge in [-0.05, 0) is 43.6 Å². The number of sulfonamides is 1. The molecular weight excluding hydrogens is 364 g/mol. The van der Waals surface area contributed by atoms with E-state index in [1.54, 1.807) is 5.38 Å². The van der Waals surface area contributed by atoms with Gasteiger partial charge in [-0.2, -0.15) is 0 Å². The van der Waals surface area contributed by atoms with Crippen molar-refractivity contribution in [1.29, 1.82) is 0 Å². The molecule has 0 bridgehead atoms. The molecular formula is C16H22N2O5S2. The third-order valence-electron chi connectivity index (χ3n) is 3.63. The summed E-state index contributed by atoms with van der Waals surface area (Å²) < 4.78 is 29.7. The summed E-state index contributed by atoms with van der Waals surface area (Å²) in [5, 5.41) is 4.29. The standard InChI is InChI=1S/C16H22N2O5S2/c1-25(21,22)18-13-8-10-24-15(13)16(20)23-11-14(19)17-9-7-12-5-3-2-4-6-12/h5,8,10,18H,2-4,6-7,9,11H2,1H3,(H,17,19).